The third kappa shape index (κ3) is 9.41. The maximum atomic E-state index is 13.2. The van der Waals surface area contributed by atoms with Crippen molar-refractivity contribution in [3.63, 3.8) is 0 Å². The van der Waals surface area contributed by atoms with Crippen LogP contribution in [-0.4, -0.2) is 72.9 Å². The van der Waals surface area contributed by atoms with E-state index in [2.05, 4.69) is 9.80 Å². The van der Waals surface area contributed by atoms with Crippen LogP contribution in [-0.2, 0) is 9.59 Å². The molecular weight excluding hydrogens is 741 g/mol. The van der Waals surface area contributed by atoms with E-state index < -0.39 is 47.6 Å². The molecule has 0 bridgehead atoms. The number of fused-ring (bicyclic) bond motifs is 2. The second-order valence-corrected chi connectivity index (χ2v) is 14.2. The van der Waals surface area contributed by atoms with Crippen LogP contribution in [0.25, 0.3) is 12.2 Å². The number of carboxylic acid groups (broad SMARTS) is 2. The van der Waals surface area contributed by atoms with Crippen LogP contribution in [0.2, 0.25) is 10.0 Å². The zero-order chi connectivity index (χ0) is 38.1. The van der Waals surface area contributed by atoms with Crippen LogP contribution in [0.5, 0.6) is 11.5 Å². The molecule has 52 heavy (non-hydrogen) atoms. The fourth-order valence-corrected chi connectivity index (χ4v) is 6.70. The number of carboxylic acids is 2. The lowest BCUT2D eigenvalue weighted by molar-refractivity contribution is -0.187. The number of ether oxygens (including phenoxy) is 2. The molecule has 2 aliphatic carbocycles. The molecule has 2 unspecified atom stereocenters. The van der Waals surface area contributed by atoms with Crippen LogP contribution in [0, 0.1) is 11.8 Å². The Labute approximate surface area is 306 Å². The highest BCUT2D eigenvalue weighted by Gasteiger charge is 2.49. The van der Waals surface area contributed by atoms with Crippen molar-refractivity contribution in [2.75, 3.05) is 36.0 Å². The van der Waals surface area contributed by atoms with Gasteiger partial charge >= 0.3 is 24.3 Å². The molecule has 16 heteroatoms. The molecule has 6 rings (SSSR count). The molecule has 2 saturated carbocycles. The van der Waals surface area contributed by atoms with Gasteiger partial charge in [-0.1, -0.05) is 37.0 Å². The number of anilines is 2. The first-order valence-corrected chi connectivity index (χ1v) is 17.7. The Bertz CT molecular complexity index is 1610. The van der Waals surface area contributed by atoms with E-state index >= 15 is 0 Å². The van der Waals surface area contributed by atoms with Crippen molar-refractivity contribution < 1.29 is 55.6 Å². The summed E-state index contributed by atoms with van der Waals surface area (Å²) in [7, 11) is 0. The molecule has 0 aromatic heterocycles. The summed E-state index contributed by atoms with van der Waals surface area (Å²) in [6.07, 6.45) is -6.36. The number of alkyl halides is 6. The van der Waals surface area contributed by atoms with E-state index in [9.17, 15) is 35.9 Å². The molecule has 2 N–H and O–H groups in total. The van der Waals surface area contributed by atoms with Crippen LogP contribution in [0.1, 0.15) is 63.5 Å². The number of carbonyl (C=O) groups is 2. The van der Waals surface area contributed by atoms with Crippen molar-refractivity contribution in [3.05, 3.63) is 56.6 Å². The number of rotatable bonds is 12. The lowest BCUT2D eigenvalue weighted by Crippen LogP contribution is -2.40. The van der Waals surface area contributed by atoms with E-state index in [1.165, 1.54) is 24.3 Å². The summed E-state index contributed by atoms with van der Waals surface area (Å²) >= 11 is 12.7. The number of aliphatic carboxylic acids is 2. The predicted octanol–water partition coefficient (Wildman–Crippen LogP) is 9.52. The summed E-state index contributed by atoms with van der Waals surface area (Å²) in [5, 5.41) is 18.9. The summed E-state index contributed by atoms with van der Waals surface area (Å²) < 4.78 is 89.4. The van der Waals surface area contributed by atoms with Gasteiger partial charge in [0.1, 0.15) is 11.5 Å². The van der Waals surface area contributed by atoms with Crippen LogP contribution in [0.3, 0.4) is 0 Å². The zero-order valence-corrected chi connectivity index (χ0v) is 29.8. The van der Waals surface area contributed by atoms with Crippen molar-refractivity contribution >= 4 is 58.7 Å². The molecule has 2 fully saturated rings. The van der Waals surface area contributed by atoms with Crippen molar-refractivity contribution in [1.29, 1.82) is 0 Å². The van der Waals surface area contributed by atoms with Gasteiger partial charge in [-0.25, -0.2) is 9.59 Å². The average molecular weight is 780 g/mol. The first kappa shape index (κ1) is 39.4. The van der Waals surface area contributed by atoms with E-state index in [0.29, 0.717) is 33.3 Å². The maximum absolute atomic E-state index is 13.2. The maximum Gasteiger partial charge on any atom is 0.430 e. The SMILES string of the molecule is CCCN(CC1CC1)c1cc2c(cc1Cl)C=C(C(=O)O)C(C(F)(F)F)O2.CCCN(CC1CC1)c1cc2c(cc1Cl)C=C(C(=O)O)C(C(F)(F)F)O2. The highest BCUT2D eigenvalue weighted by molar-refractivity contribution is 6.34. The Balaban J connectivity index is 0.000000201. The molecule has 2 aliphatic heterocycles. The Morgan fingerprint density at radius 3 is 1.31 bits per heavy atom. The van der Waals surface area contributed by atoms with E-state index in [4.69, 9.17) is 42.9 Å². The second-order valence-electron chi connectivity index (χ2n) is 13.4. The van der Waals surface area contributed by atoms with E-state index in [1.54, 1.807) is 0 Å². The molecule has 2 aromatic carbocycles. The number of nitrogens with zero attached hydrogens (tertiary/aromatic N) is 2. The highest BCUT2D eigenvalue weighted by atomic mass is 35.5. The van der Waals surface area contributed by atoms with Crippen LogP contribution in [0.4, 0.5) is 37.7 Å². The highest BCUT2D eigenvalue weighted by Crippen LogP contribution is 2.44. The first-order valence-electron chi connectivity index (χ1n) is 16.9. The number of benzene rings is 2. The van der Waals surface area contributed by atoms with Gasteiger partial charge in [0.2, 0.25) is 12.2 Å². The predicted molar refractivity (Wildman–Crippen MR) is 186 cm³/mol. The standard InChI is InChI=1S/2C18H19ClF3NO3/c2*1-2-5-23(9-10-3-4-10)14-8-15-11(7-13(14)19)6-12(17(24)25)16(26-15)18(20,21)22/h2*6-8,10,16H,2-5,9H2,1H3,(H,24,25). The van der Waals surface area contributed by atoms with E-state index in [-0.39, 0.29) is 22.6 Å². The van der Waals surface area contributed by atoms with Gasteiger partial charge in [-0.05, 0) is 74.6 Å². The smallest absolute Gasteiger partial charge is 0.430 e. The quantitative estimate of drug-likeness (QED) is 0.206. The third-order valence-electron chi connectivity index (χ3n) is 8.94. The topological polar surface area (TPSA) is 99.5 Å². The zero-order valence-electron chi connectivity index (χ0n) is 28.3. The monoisotopic (exact) mass is 778 g/mol. The molecule has 2 atom stereocenters. The molecule has 0 spiro atoms. The molecule has 2 aromatic rings. The van der Waals surface area contributed by atoms with Gasteiger partial charge in [0.25, 0.3) is 0 Å². The number of halogens is 8. The largest absolute Gasteiger partial charge is 0.478 e. The summed E-state index contributed by atoms with van der Waals surface area (Å²) in [6, 6.07) is 5.92. The molecule has 284 valence electrons. The van der Waals surface area contributed by atoms with Crippen molar-refractivity contribution in [2.24, 2.45) is 11.8 Å². The van der Waals surface area contributed by atoms with Gasteiger partial charge in [-0.3, -0.25) is 0 Å². The molecule has 8 nitrogen and oxygen atoms in total. The fraction of sp³-hybridized carbons (Fsp3) is 0.500. The number of hydrogen-bond acceptors (Lipinski definition) is 6. The Morgan fingerprint density at radius 2 is 1.04 bits per heavy atom. The third-order valence-corrected chi connectivity index (χ3v) is 9.55. The van der Waals surface area contributed by atoms with Crippen LogP contribution < -0.4 is 19.3 Å². The molecule has 2 heterocycles. The van der Waals surface area contributed by atoms with Gasteiger partial charge in [-0.2, -0.15) is 26.3 Å². The minimum atomic E-state index is -4.82. The van der Waals surface area contributed by atoms with E-state index in [0.717, 1.165) is 76.9 Å². The molecular formula is C36H38Cl2F6N2O6. The van der Waals surface area contributed by atoms with Crippen molar-refractivity contribution in [2.45, 2.75) is 76.9 Å². The summed E-state index contributed by atoms with van der Waals surface area (Å²) in [5.74, 6) is -2.19. The minimum Gasteiger partial charge on any atom is -0.478 e. The van der Waals surface area contributed by atoms with Crippen molar-refractivity contribution in [1.82, 2.24) is 0 Å². The minimum absolute atomic E-state index is 0.00590. The fourth-order valence-electron chi connectivity index (χ4n) is 6.12. The summed E-state index contributed by atoms with van der Waals surface area (Å²) in [4.78, 5) is 26.5. The van der Waals surface area contributed by atoms with Crippen LogP contribution in [0.15, 0.2) is 35.4 Å². The normalized spacial score (nSPS) is 19.4. The molecule has 0 radical (unpaired) electrons. The molecule has 4 aliphatic rings. The Morgan fingerprint density at radius 1 is 0.692 bits per heavy atom. The van der Waals surface area contributed by atoms with Gasteiger partial charge in [0, 0.05) is 49.4 Å². The molecule has 0 amide bonds. The molecule has 0 saturated heterocycles. The van der Waals surface area contributed by atoms with Gasteiger partial charge < -0.3 is 29.5 Å². The van der Waals surface area contributed by atoms with Crippen LogP contribution >= 0.6 is 23.2 Å². The van der Waals surface area contributed by atoms with Gasteiger partial charge in [-0.15, -0.1) is 0 Å². The Hall–Kier alpha value is -3.78. The lowest BCUT2D eigenvalue weighted by Gasteiger charge is -2.30. The van der Waals surface area contributed by atoms with Crippen molar-refractivity contribution in [3.8, 4) is 11.5 Å². The number of hydrogen-bond donors (Lipinski definition) is 2. The van der Waals surface area contributed by atoms with Gasteiger partial charge in [0.15, 0.2) is 0 Å². The van der Waals surface area contributed by atoms with E-state index in [1.807, 2.05) is 13.8 Å². The summed E-state index contributed by atoms with van der Waals surface area (Å²) in [5.41, 5.74) is 0.00740. The lowest BCUT2D eigenvalue weighted by atomic mass is 10.0. The summed E-state index contributed by atoms with van der Waals surface area (Å²) in [6.45, 7) is 7.09. The Kier molecular flexibility index (Phi) is 11.9. The average Bonchev–Trinajstić information content (AvgIpc) is 3.99. The second kappa shape index (κ2) is 15.7. The van der Waals surface area contributed by atoms with Gasteiger partial charge in [0.05, 0.1) is 32.6 Å². The first-order chi connectivity index (χ1) is 24.4.